The molecule has 1 fully saturated rings. The monoisotopic (exact) mass is 468 g/mol. The highest BCUT2D eigenvalue weighted by atomic mass is 16.5. The first kappa shape index (κ1) is 23.1. The van der Waals surface area contributed by atoms with Crippen LogP contribution in [0.25, 0.3) is 0 Å². The van der Waals surface area contributed by atoms with E-state index in [4.69, 9.17) is 4.74 Å². The van der Waals surface area contributed by atoms with Crippen molar-refractivity contribution in [3.8, 4) is 5.75 Å². The van der Waals surface area contributed by atoms with Crippen LogP contribution in [0.4, 0.5) is 5.69 Å². The van der Waals surface area contributed by atoms with E-state index < -0.39 is 0 Å². The molecule has 7 heteroatoms. The third-order valence-corrected chi connectivity index (χ3v) is 6.80. The number of hydrogen-bond acceptors (Lipinski definition) is 6. The molecule has 1 aromatic heterocycles. The second kappa shape index (κ2) is 10.3. The zero-order chi connectivity index (χ0) is 24.2. The fraction of sp³-hybridized carbons (Fsp3) is 0.321. The second-order valence-electron chi connectivity index (χ2n) is 9.17. The zero-order valence-corrected chi connectivity index (χ0v) is 20.6. The number of tetrazole rings is 1. The molecule has 0 spiro atoms. The Labute approximate surface area is 206 Å². The number of ether oxygens (including phenoxy) is 1. The maximum absolute atomic E-state index is 5.30. The predicted octanol–water partition coefficient (Wildman–Crippen LogP) is 4.26. The van der Waals surface area contributed by atoms with Gasteiger partial charge in [-0.15, -0.1) is 5.10 Å². The topological polar surface area (TPSA) is 59.3 Å². The van der Waals surface area contributed by atoms with Crippen LogP contribution in [0.2, 0.25) is 0 Å². The van der Waals surface area contributed by atoms with Crippen LogP contribution >= 0.6 is 0 Å². The summed E-state index contributed by atoms with van der Waals surface area (Å²) in [6.07, 6.45) is 0. The van der Waals surface area contributed by atoms with Gasteiger partial charge in [-0.3, -0.25) is 4.90 Å². The molecule has 0 radical (unpaired) electrons. The third kappa shape index (κ3) is 5.05. The summed E-state index contributed by atoms with van der Waals surface area (Å²) in [4.78, 5) is 5.01. The number of methoxy groups -OCH3 is 1. The fourth-order valence-corrected chi connectivity index (χ4v) is 4.86. The lowest BCUT2D eigenvalue weighted by Gasteiger charge is -2.40. The SMILES string of the molecule is COc1ccc(Cn2nnnc2[C@@H](c2ccccc2)N2CCN(c3cc(C)ccc3C)CC2)cc1. The van der Waals surface area contributed by atoms with Gasteiger partial charge in [-0.25, -0.2) is 4.68 Å². The van der Waals surface area contributed by atoms with Crippen LogP contribution in [0.3, 0.4) is 0 Å². The van der Waals surface area contributed by atoms with Gasteiger partial charge >= 0.3 is 0 Å². The first-order chi connectivity index (χ1) is 17.1. The van der Waals surface area contributed by atoms with Crippen molar-refractivity contribution in [3.05, 3.63) is 101 Å². The molecule has 180 valence electrons. The molecule has 0 aliphatic carbocycles. The van der Waals surface area contributed by atoms with Gasteiger partial charge in [-0.2, -0.15) is 0 Å². The van der Waals surface area contributed by atoms with E-state index in [0.29, 0.717) is 6.54 Å². The molecule has 2 heterocycles. The van der Waals surface area contributed by atoms with Crippen LogP contribution in [0.1, 0.15) is 34.1 Å². The summed E-state index contributed by atoms with van der Waals surface area (Å²) in [5.41, 5.74) is 6.30. The largest absolute Gasteiger partial charge is 0.497 e. The number of aryl methyl sites for hydroxylation is 2. The molecule has 0 bridgehead atoms. The van der Waals surface area contributed by atoms with Crippen molar-refractivity contribution < 1.29 is 4.74 Å². The Morgan fingerprint density at radius 1 is 0.886 bits per heavy atom. The minimum Gasteiger partial charge on any atom is -0.497 e. The number of benzene rings is 3. The van der Waals surface area contributed by atoms with E-state index in [-0.39, 0.29) is 6.04 Å². The van der Waals surface area contributed by atoms with Crippen LogP contribution in [0.15, 0.2) is 72.8 Å². The summed E-state index contributed by atoms with van der Waals surface area (Å²) in [6.45, 7) is 8.76. The Kier molecular flexibility index (Phi) is 6.77. The highest BCUT2D eigenvalue weighted by Crippen LogP contribution is 2.30. The molecular formula is C28H32N6O. The van der Waals surface area contributed by atoms with Gasteiger partial charge in [0.1, 0.15) is 5.75 Å². The van der Waals surface area contributed by atoms with Crippen LogP contribution in [0, 0.1) is 13.8 Å². The molecule has 35 heavy (non-hydrogen) atoms. The van der Waals surface area contributed by atoms with E-state index in [1.807, 2.05) is 16.8 Å². The standard InChI is InChI=1S/C28H32N6O/c1-21-9-10-22(2)26(19-21)32-15-17-33(18-16-32)27(24-7-5-4-6-8-24)28-29-30-31-34(28)20-23-11-13-25(35-3)14-12-23/h4-14,19,27H,15-18,20H2,1-3H3/t27-/m1/s1. The molecule has 1 aliphatic rings. The summed E-state index contributed by atoms with van der Waals surface area (Å²) in [6, 6.07) is 25.3. The number of aromatic nitrogens is 4. The van der Waals surface area contributed by atoms with Gasteiger partial charge in [0.15, 0.2) is 5.82 Å². The van der Waals surface area contributed by atoms with Crippen molar-refractivity contribution >= 4 is 5.69 Å². The van der Waals surface area contributed by atoms with Gasteiger partial charge in [0, 0.05) is 31.9 Å². The first-order valence-corrected chi connectivity index (χ1v) is 12.1. The molecule has 0 unspecified atom stereocenters. The quantitative estimate of drug-likeness (QED) is 0.404. The van der Waals surface area contributed by atoms with Crippen molar-refractivity contribution in [3.63, 3.8) is 0 Å². The predicted molar refractivity (Wildman–Crippen MR) is 138 cm³/mol. The molecular weight excluding hydrogens is 436 g/mol. The Balaban J connectivity index is 1.40. The van der Waals surface area contributed by atoms with Crippen LogP contribution < -0.4 is 9.64 Å². The van der Waals surface area contributed by atoms with Crippen LogP contribution in [-0.2, 0) is 6.54 Å². The van der Waals surface area contributed by atoms with E-state index in [1.54, 1.807) is 7.11 Å². The summed E-state index contributed by atoms with van der Waals surface area (Å²) in [5.74, 6) is 1.71. The average molecular weight is 469 g/mol. The zero-order valence-electron chi connectivity index (χ0n) is 20.6. The molecule has 1 aliphatic heterocycles. The van der Waals surface area contributed by atoms with Gasteiger partial charge in [-0.05, 0) is 64.7 Å². The van der Waals surface area contributed by atoms with E-state index in [1.165, 1.54) is 22.4 Å². The normalized spacial score (nSPS) is 15.2. The van der Waals surface area contributed by atoms with E-state index in [0.717, 1.165) is 43.3 Å². The van der Waals surface area contributed by atoms with Gasteiger partial charge < -0.3 is 9.64 Å². The van der Waals surface area contributed by atoms with E-state index >= 15 is 0 Å². The smallest absolute Gasteiger partial charge is 0.173 e. The van der Waals surface area contributed by atoms with Gasteiger partial charge in [-0.1, -0.05) is 54.6 Å². The molecule has 0 N–H and O–H groups in total. The minimum absolute atomic E-state index is 0.00907. The van der Waals surface area contributed by atoms with Crippen LogP contribution in [-0.4, -0.2) is 58.4 Å². The minimum atomic E-state index is -0.00907. The summed E-state index contributed by atoms with van der Waals surface area (Å²) < 4.78 is 7.23. The van der Waals surface area contributed by atoms with E-state index in [2.05, 4.69) is 99.8 Å². The molecule has 3 aromatic carbocycles. The lowest BCUT2D eigenvalue weighted by atomic mass is 10.0. The van der Waals surface area contributed by atoms with Gasteiger partial charge in [0.25, 0.3) is 0 Å². The molecule has 4 aromatic rings. The number of hydrogen-bond donors (Lipinski definition) is 0. The van der Waals surface area contributed by atoms with Crippen LogP contribution in [0.5, 0.6) is 5.75 Å². The van der Waals surface area contributed by atoms with Crippen molar-refractivity contribution in [1.29, 1.82) is 0 Å². The molecule has 0 saturated carbocycles. The van der Waals surface area contributed by atoms with Crippen molar-refractivity contribution in [2.75, 3.05) is 38.2 Å². The number of piperazine rings is 1. The van der Waals surface area contributed by atoms with Gasteiger partial charge in [0.05, 0.1) is 19.7 Å². The Morgan fingerprint density at radius 3 is 2.34 bits per heavy atom. The molecule has 1 saturated heterocycles. The molecule has 1 atom stereocenters. The third-order valence-electron chi connectivity index (χ3n) is 6.80. The highest BCUT2D eigenvalue weighted by molar-refractivity contribution is 5.55. The maximum atomic E-state index is 5.30. The molecule has 7 nitrogen and oxygen atoms in total. The molecule has 0 amide bonds. The van der Waals surface area contributed by atoms with Crippen molar-refractivity contribution in [2.45, 2.75) is 26.4 Å². The summed E-state index contributed by atoms with van der Waals surface area (Å²) in [5, 5.41) is 13.0. The van der Waals surface area contributed by atoms with Crippen molar-refractivity contribution in [2.24, 2.45) is 0 Å². The Hall–Kier alpha value is -3.71. The maximum Gasteiger partial charge on any atom is 0.173 e. The van der Waals surface area contributed by atoms with Gasteiger partial charge in [0.2, 0.25) is 0 Å². The lowest BCUT2D eigenvalue weighted by molar-refractivity contribution is 0.201. The van der Waals surface area contributed by atoms with Crippen molar-refractivity contribution in [1.82, 2.24) is 25.1 Å². The Morgan fingerprint density at radius 2 is 1.63 bits per heavy atom. The summed E-state index contributed by atoms with van der Waals surface area (Å²) in [7, 11) is 1.68. The first-order valence-electron chi connectivity index (χ1n) is 12.1. The fourth-order valence-electron chi connectivity index (χ4n) is 4.86. The second-order valence-corrected chi connectivity index (χ2v) is 9.17. The molecule has 5 rings (SSSR count). The number of anilines is 1. The lowest BCUT2D eigenvalue weighted by Crippen LogP contribution is -2.48. The Bertz CT molecular complexity index is 1250. The number of rotatable bonds is 7. The number of nitrogens with zero attached hydrogens (tertiary/aromatic N) is 6. The highest BCUT2D eigenvalue weighted by Gasteiger charge is 2.31. The summed E-state index contributed by atoms with van der Waals surface area (Å²) >= 11 is 0. The van der Waals surface area contributed by atoms with E-state index in [9.17, 15) is 0 Å². The average Bonchev–Trinajstić information content (AvgIpc) is 3.35.